The van der Waals surface area contributed by atoms with Crippen LogP contribution in [-0.4, -0.2) is 39.0 Å². The molecule has 0 spiro atoms. The van der Waals surface area contributed by atoms with E-state index >= 15 is 0 Å². The highest BCUT2D eigenvalue weighted by atomic mass is 16.3. The van der Waals surface area contributed by atoms with Crippen molar-refractivity contribution in [3.63, 3.8) is 0 Å². The average Bonchev–Trinajstić information content (AvgIpc) is 2.68. The van der Waals surface area contributed by atoms with Crippen molar-refractivity contribution in [2.24, 2.45) is 5.92 Å². The predicted octanol–water partition coefficient (Wildman–Crippen LogP) is 3.43. The molecule has 1 N–H and O–H groups in total. The maximum atomic E-state index is 12.8. The Labute approximate surface area is 152 Å². The monoisotopic (exact) mass is 347 g/mol. The fraction of sp³-hybridized carbons (Fsp3) is 0.286. The lowest BCUT2D eigenvalue weighted by Crippen LogP contribution is -2.39. The average molecular weight is 347 g/mol. The van der Waals surface area contributed by atoms with Crippen molar-refractivity contribution in [2.45, 2.75) is 19.3 Å². The van der Waals surface area contributed by atoms with E-state index < -0.39 is 0 Å². The molecule has 2 heterocycles. The molecule has 0 saturated carbocycles. The highest BCUT2D eigenvalue weighted by Crippen LogP contribution is 2.25. The molecule has 1 fully saturated rings. The number of fused-ring (bicyclic) bond motifs is 1. The molecule has 0 atom stereocenters. The van der Waals surface area contributed by atoms with Crippen LogP contribution in [-0.2, 0) is 6.42 Å². The molecule has 0 aliphatic carbocycles. The molecule has 1 aliphatic rings. The minimum absolute atomic E-state index is 0.0465. The summed E-state index contributed by atoms with van der Waals surface area (Å²) in [5.41, 5.74) is 2.59. The van der Waals surface area contributed by atoms with Crippen molar-refractivity contribution in [3.8, 4) is 5.88 Å². The molecule has 1 saturated heterocycles. The van der Waals surface area contributed by atoms with Gasteiger partial charge in [-0.2, -0.15) is 0 Å². The van der Waals surface area contributed by atoms with E-state index in [4.69, 9.17) is 0 Å². The number of benzene rings is 2. The molecule has 5 nitrogen and oxygen atoms in total. The summed E-state index contributed by atoms with van der Waals surface area (Å²) < 4.78 is 0. The number of carbonyl (C=O) groups is 1. The van der Waals surface area contributed by atoms with Crippen molar-refractivity contribution < 1.29 is 9.90 Å². The van der Waals surface area contributed by atoms with Gasteiger partial charge in [-0.25, -0.2) is 9.97 Å². The molecule has 26 heavy (non-hydrogen) atoms. The first kappa shape index (κ1) is 16.5. The standard InChI is InChI=1S/C21H21N3O2/c25-20-19(22-17-8-4-5-9-18(17)23-20)21(26)24-12-10-16(11-13-24)14-15-6-2-1-3-7-15/h1-9,16H,10-14H2,(H,23,25). The van der Waals surface area contributed by atoms with Crippen LogP contribution < -0.4 is 0 Å². The second-order valence-electron chi connectivity index (χ2n) is 6.81. The number of para-hydroxylation sites is 2. The van der Waals surface area contributed by atoms with Gasteiger partial charge in [0.2, 0.25) is 5.88 Å². The Morgan fingerprint density at radius 1 is 0.962 bits per heavy atom. The lowest BCUT2D eigenvalue weighted by atomic mass is 9.90. The quantitative estimate of drug-likeness (QED) is 0.788. The van der Waals surface area contributed by atoms with Crippen molar-refractivity contribution in [2.75, 3.05) is 13.1 Å². The molecular formula is C21H21N3O2. The Bertz CT molecular complexity index is 919. The first-order chi connectivity index (χ1) is 12.7. The number of amides is 1. The van der Waals surface area contributed by atoms with Gasteiger partial charge in [-0.3, -0.25) is 4.79 Å². The van der Waals surface area contributed by atoms with Crippen molar-refractivity contribution in [1.29, 1.82) is 0 Å². The van der Waals surface area contributed by atoms with E-state index in [0.29, 0.717) is 30.0 Å². The second kappa shape index (κ2) is 7.12. The van der Waals surface area contributed by atoms with Gasteiger partial charge >= 0.3 is 0 Å². The highest BCUT2D eigenvalue weighted by Gasteiger charge is 2.27. The summed E-state index contributed by atoms with van der Waals surface area (Å²) in [5.74, 6) is 0.0526. The first-order valence-electron chi connectivity index (χ1n) is 8.99. The first-order valence-corrected chi connectivity index (χ1v) is 8.99. The summed E-state index contributed by atoms with van der Waals surface area (Å²) >= 11 is 0. The number of hydrogen-bond acceptors (Lipinski definition) is 4. The minimum atomic E-state index is -0.292. The molecular weight excluding hydrogens is 326 g/mol. The van der Waals surface area contributed by atoms with E-state index in [1.54, 1.807) is 17.0 Å². The van der Waals surface area contributed by atoms with Crippen LogP contribution in [0.3, 0.4) is 0 Å². The number of rotatable bonds is 3. The molecule has 4 rings (SSSR count). The van der Waals surface area contributed by atoms with Crippen LogP contribution in [0, 0.1) is 5.92 Å². The van der Waals surface area contributed by atoms with Gasteiger partial charge in [-0.1, -0.05) is 42.5 Å². The second-order valence-corrected chi connectivity index (χ2v) is 6.81. The van der Waals surface area contributed by atoms with Crippen LogP contribution in [0.25, 0.3) is 11.0 Å². The third kappa shape index (κ3) is 3.38. The normalized spacial score (nSPS) is 15.3. The molecule has 5 heteroatoms. The minimum Gasteiger partial charge on any atom is -0.492 e. The van der Waals surface area contributed by atoms with Gasteiger partial charge in [0.05, 0.1) is 11.0 Å². The zero-order valence-corrected chi connectivity index (χ0v) is 14.5. The lowest BCUT2D eigenvalue weighted by Gasteiger charge is -2.32. The molecule has 0 radical (unpaired) electrons. The summed E-state index contributed by atoms with van der Waals surface area (Å²) in [6.07, 6.45) is 2.97. The fourth-order valence-electron chi connectivity index (χ4n) is 3.57. The SMILES string of the molecule is O=C(c1nc2ccccc2nc1O)N1CCC(Cc2ccccc2)CC1. The van der Waals surface area contributed by atoms with Gasteiger partial charge in [0.25, 0.3) is 5.91 Å². The van der Waals surface area contributed by atoms with E-state index in [9.17, 15) is 9.90 Å². The zero-order chi connectivity index (χ0) is 17.9. The smallest absolute Gasteiger partial charge is 0.278 e. The number of nitrogens with zero attached hydrogens (tertiary/aromatic N) is 3. The highest BCUT2D eigenvalue weighted by molar-refractivity contribution is 5.96. The van der Waals surface area contributed by atoms with Gasteiger partial charge < -0.3 is 10.0 Å². The maximum Gasteiger partial charge on any atom is 0.278 e. The number of hydrogen-bond donors (Lipinski definition) is 1. The van der Waals surface area contributed by atoms with Gasteiger partial charge in [0.15, 0.2) is 5.69 Å². The van der Waals surface area contributed by atoms with E-state index in [0.717, 1.165) is 19.3 Å². The summed E-state index contributed by atoms with van der Waals surface area (Å²) in [6, 6.07) is 17.7. The van der Waals surface area contributed by atoms with Crippen molar-refractivity contribution >= 4 is 16.9 Å². The zero-order valence-electron chi connectivity index (χ0n) is 14.5. The Morgan fingerprint density at radius 2 is 1.58 bits per heavy atom. The molecule has 0 unspecified atom stereocenters. The Hall–Kier alpha value is -2.95. The molecule has 1 aliphatic heterocycles. The summed E-state index contributed by atoms with van der Waals surface area (Å²) in [4.78, 5) is 23.0. The van der Waals surface area contributed by atoms with Crippen LogP contribution in [0.2, 0.25) is 0 Å². The van der Waals surface area contributed by atoms with Gasteiger partial charge in [-0.05, 0) is 42.9 Å². The maximum absolute atomic E-state index is 12.8. The molecule has 1 amide bonds. The van der Waals surface area contributed by atoms with Gasteiger partial charge in [-0.15, -0.1) is 0 Å². The van der Waals surface area contributed by atoms with E-state index in [-0.39, 0.29) is 17.5 Å². The number of aromatic hydroxyl groups is 1. The summed E-state index contributed by atoms with van der Waals surface area (Å²) in [7, 11) is 0. The Balaban J connectivity index is 1.44. The van der Waals surface area contributed by atoms with E-state index in [1.807, 2.05) is 18.2 Å². The molecule has 1 aromatic heterocycles. The number of piperidine rings is 1. The van der Waals surface area contributed by atoms with Gasteiger partial charge in [0.1, 0.15) is 0 Å². The summed E-state index contributed by atoms with van der Waals surface area (Å²) in [6.45, 7) is 1.37. The number of aromatic nitrogens is 2. The predicted molar refractivity (Wildman–Crippen MR) is 100.0 cm³/mol. The third-order valence-corrected chi connectivity index (χ3v) is 5.02. The van der Waals surface area contributed by atoms with Crippen molar-refractivity contribution in [3.05, 3.63) is 65.9 Å². The summed E-state index contributed by atoms with van der Waals surface area (Å²) in [5, 5.41) is 10.1. The van der Waals surface area contributed by atoms with Crippen LogP contribution in [0.5, 0.6) is 5.88 Å². The molecule has 0 bridgehead atoms. The van der Waals surface area contributed by atoms with Crippen LogP contribution in [0.15, 0.2) is 54.6 Å². The van der Waals surface area contributed by atoms with Crippen LogP contribution >= 0.6 is 0 Å². The van der Waals surface area contributed by atoms with Crippen molar-refractivity contribution in [1.82, 2.24) is 14.9 Å². The Morgan fingerprint density at radius 3 is 2.27 bits per heavy atom. The number of likely N-dealkylation sites (tertiary alicyclic amines) is 1. The fourth-order valence-corrected chi connectivity index (χ4v) is 3.57. The molecule has 2 aromatic carbocycles. The topological polar surface area (TPSA) is 66.3 Å². The molecule has 132 valence electrons. The third-order valence-electron chi connectivity index (χ3n) is 5.02. The Kier molecular flexibility index (Phi) is 4.52. The lowest BCUT2D eigenvalue weighted by molar-refractivity contribution is 0.0681. The largest absolute Gasteiger partial charge is 0.492 e. The molecule has 3 aromatic rings. The van der Waals surface area contributed by atoms with Crippen LogP contribution in [0.4, 0.5) is 0 Å². The van der Waals surface area contributed by atoms with E-state index in [2.05, 4.69) is 34.2 Å². The van der Waals surface area contributed by atoms with Crippen LogP contribution in [0.1, 0.15) is 28.9 Å². The van der Waals surface area contributed by atoms with Gasteiger partial charge in [0, 0.05) is 13.1 Å². The number of carbonyl (C=O) groups excluding carboxylic acids is 1. The van der Waals surface area contributed by atoms with E-state index in [1.165, 1.54) is 5.56 Å².